The highest BCUT2D eigenvalue weighted by atomic mass is 16.2. The van der Waals surface area contributed by atoms with Crippen LogP contribution in [0.1, 0.15) is 12.5 Å². The minimum atomic E-state index is -0.198. The standard InChI is InChI=1S/C14H18N4O/c1-11(14(19)15-2)16-10-12-4-6-13(7-5-12)18-9-3-8-17-18/h3-9,11,16H,10H2,1-2H3,(H,15,19). The average molecular weight is 258 g/mol. The van der Waals surface area contributed by atoms with E-state index in [0.29, 0.717) is 6.54 Å². The van der Waals surface area contributed by atoms with E-state index in [1.165, 1.54) is 0 Å². The number of hydrogen-bond donors (Lipinski definition) is 2. The Bertz CT molecular complexity index is 519. The lowest BCUT2D eigenvalue weighted by molar-refractivity contribution is -0.122. The number of hydrogen-bond acceptors (Lipinski definition) is 3. The Morgan fingerprint density at radius 1 is 1.37 bits per heavy atom. The molecule has 1 aromatic heterocycles. The molecule has 0 fully saturated rings. The Balaban J connectivity index is 1.94. The van der Waals surface area contributed by atoms with Crippen molar-refractivity contribution in [2.75, 3.05) is 7.05 Å². The van der Waals surface area contributed by atoms with E-state index in [0.717, 1.165) is 11.3 Å². The molecule has 2 aromatic rings. The molecule has 0 saturated carbocycles. The van der Waals surface area contributed by atoms with Gasteiger partial charge in [0.05, 0.1) is 11.7 Å². The van der Waals surface area contributed by atoms with E-state index in [2.05, 4.69) is 15.7 Å². The molecule has 0 spiro atoms. The van der Waals surface area contributed by atoms with Crippen molar-refractivity contribution in [2.24, 2.45) is 0 Å². The Hall–Kier alpha value is -2.14. The molecule has 19 heavy (non-hydrogen) atoms. The minimum Gasteiger partial charge on any atom is -0.358 e. The van der Waals surface area contributed by atoms with Crippen LogP contribution in [0.4, 0.5) is 0 Å². The molecule has 0 bridgehead atoms. The summed E-state index contributed by atoms with van der Waals surface area (Å²) in [6.07, 6.45) is 3.65. The van der Waals surface area contributed by atoms with Crippen molar-refractivity contribution in [3.8, 4) is 5.69 Å². The number of amides is 1. The highest BCUT2D eigenvalue weighted by molar-refractivity contribution is 5.80. The maximum Gasteiger partial charge on any atom is 0.236 e. The average Bonchev–Trinajstić information content (AvgIpc) is 2.98. The van der Waals surface area contributed by atoms with Gasteiger partial charge in [0.1, 0.15) is 0 Å². The highest BCUT2D eigenvalue weighted by Gasteiger charge is 2.09. The van der Waals surface area contributed by atoms with Gasteiger partial charge in [-0.3, -0.25) is 4.79 Å². The molecule has 0 aliphatic carbocycles. The van der Waals surface area contributed by atoms with E-state index in [-0.39, 0.29) is 11.9 Å². The van der Waals surface area contributed by atoms with Crippen molar-refractivity contribution in [1.29, 1.82) is 0 Å². The number of carbonyl (C=O) groups excluding carboxylic acids is 1. The van der Waals surface area contributed by atoms with Crippen LogP contribution in [0.3, 0.4) is 0 Å². The first-order valence-corrected chi connectivity index (χ1v) is 6.24. The second-order valence-corrected chi connectivity index (χ2v) is 4.33. The van der Waals surface area contributed by atoms with Gasteiger partial charge in [0.25, 0.3) is 0 Å². The monoisotopic (exact) mass is 258 g/mol. The zero-order valence-corrected chi connectivity index (χ0v) is 11.1. The highest BCUT2D eigenvalue weighted by Crippen LogP contribution is 2.08. The fourth-order valence-electron chi connectivity index (χ4n) is 1.77. The van der Waals surface area contributed by atoms with Crippen molar-refractivity contribution < 1.29 is 4.79 Å². The van der Waals surface area contributed by atoms with Crippen LogP contribution in [0.5, 0.6) is 0 Å². The molecule has 1 atom stereocenters. The van der Waals surface area contributed by atoms with Crippen LogP contribution in [0.2, 0.25) is 0 Å². The Morgan fingerprint density at radius 2 is 2.11 bits per heavy atom. The second-order valence-electron chi connectivity index (χ2n) is 4.33. The first-order chi connectivity index (χ1) is 9.20. The summed E-state index contributed by atoms with van der Waals surface area (Å²) in [4.78, 5) is 11.4. The first-order valence-electron chi connectivity index (χ1n) is 6.24. The van der Waals surface area contributed by atoms with Crippen molar-refractivity contribution >= 4 is 5.91 Å². The van der Waals surface area contributed by atoms with E-state index < -0.39 is 0 Å². The van der Waals surface area contributed by atoms with Gasteiger partial charge in [-0.15, -0.1) is 0 Å². The number of likely N-dealkylation sites (N-methyl/N-ethyl adjacent to an activating group) is 1. The van der Waals surface area contributed by atoms with Crippen molar-refractivity contribution in [1.82, 2.24) is 20.4 Å². The van der Waals surface area contributed by atoms with Crippen LogP contribution in [0.25, 0.3) is 5.69 Å². The Morgan fingerprint density at radius 3 is 2.68 bits per heavy atom. The molecule has 2 N–H and O–H groups in total. The summed E-state index contributed by atoms with van der Waals surface area (Å²) in [6, 6.07) is 9.76. The van der Waals surface area contributed by atoms with Crippen LogP contribution in [0, 0.1) is 0 Å². The van der Waals surface area contributed by atoms with Gasteiger partial charge in [0, 0.05) is 26.0 Å². The molecule has 1 aromatic carbocycles. The summed E-state index contributed by atoms with van der Waals surface area (Å²) >= 11 is 0. The molecule has 1 amide bonds. The number of nitrogens with one attached hydrogen (secondary N) is 2. The molecule has 0 saturated heterocycles. The van der Waals surface area contributed by atoms with E-state index in [1.54, 1.807) is 13.2 Å². The van der Waals surface area contributed by atoms with E-state index >= 15 is 0 Å². The first kappa shape index (κ1) is 13.3. The van der Waals surface area contributed by atoms with Crippen molar-refractivity contribution in [2.45, 2.75) is 19.5 Å². The quantitative estimate of drug-likeness (QED) is 0.844. The second kappa shape index (κ2) is 6.15. The topological polar surface area (TPSA) is 59.0 Å². The molecule has 1 unspecified atom stereocenters. The molecular weight excluding hydrogens is 240 g/mol. The predicted molar refractivity (Wildman–Crippen MR) is 73.9 cm³/mol. The smallest absolute Gasteiger partial charge is 0.236 e. The molecule has 2 rings (SSSR count). The molecule has 1 heterocycles. The lowest BCUT2D eigenvalue weighted by Gasteiger charge is -2.12. The van der Waals surface area contributed by atoms with Gasteiger partial charge in [-0.25, -0.2) is 4.68 Å². The Labute approximate surface area is 112 Å². The molecule has 5 heteroatoms. The summed E-state index contributed by atoms with van der Waals surface area (Å²) in [5, 5.41) is 9.96. The third-order valence-electron chi connectivity index (χ3n) is 2.96. The van der Waals surface area contributed by atoms with Crippen LogP contribution >= 0.6 is 0 Å². The maximum atomic E-state index is 11.4. The number of carbonyl (C=O) groups is 1. The third-order valence-corrected chi connectivity index (χ3v) is 2.96. The number of rotatable bonds is 5. The van der Waals surface area contributed by atoms with Crippen molar-refractivity contribution in [3.63, 3.8) is 0 Å². The van der Waals surface area contributed by atoms with Gasteiger partial charge in [-0.05, 0) is 30.7 Å². The van der Waals surface area contributed by atoms with E-state index in [9.17, 15) is 4.79 Å². The zero-order valence-electron chi connectivity index (χ0n) is 11.1. The largest absolute Gasteiger partial charge is 0.358 e. The van der Waals surface area contributed by atoms with Crippen LogP contribution in [0.15, 0.2) is 42.7 Å². The molecule has 0 aliphatic heterocycles. The lowest BCUT2D eigenvalue weighted by Crippen LogP contribution is -2.40. The predicted octanol–water partition coefficient (Wildman–Crippen LogP) is 1.10. The van der Waals surface area contributed by atoms with Gasteiger partial charge in [-0.2, -0.15) is 5.10 Å². The van der Waals surface area contributed by atoms with Gasteiger partial charge in [0.15, 0.2) is 0 Å². The lowest BCUT2D eigenvalue weighted by atomic mass is 10.2. The van der Waals surface area contributed by atoms with Crippen LogP contribution in [-0.4, -0.2) is 28.8 Å². The molecular formula is C14H18N4O. The van der Waals surface area contributed by atoms with Gasteiger partial charge in [0.2, 0.25) is 5.91 Å². The summed E-state index contributed by atoms with van der Waals surface area (Å²) < 4.78 is 1.81. The molecule has 5 nitrogen and oxygen atoms in total. The van der Waals surface area contributed by atoms with Gasteiger partial charge >= 0.3 is 0 Å². The fraction of sp³-hybridized carbons (Fsp3) is 0.286. The molecule has 0 aliphatic rings. The van der Waals surface area contributed by atoms with Gasteiger partial charge in [-0.1, -0.05) is 12.1 Å². The number of aromatic nitrogens is 2. The zero-order chi connectivity index (χ0) is 13.7. The van der Waals surface area contributed by atoms with Crippen LogP contribution in [-0.2, 0) is 11.3 Å². The molecule has 100 valence electrons. The minimum absolute atomic E-state index is 0.00633. The summed E-state index contributed by atoms with van der Waals surface area (Å²) in [6.45, 7) is 2.50. The van der Waals surface area contributed by atoms with Crippen LogP contribution < -0.4 is 10.6 Å². The summed E-state index contributed by atoms with van der Waals surface area (Å²) in [5.41, 5.74) is 2.15. The summed E-state index contributed by atoms with van der Waals surface area (Å²) in [5.74, 6) is -0.00633. The van der Waals surface area contributed by atoms with Crippen molar-refractivity contribution in [3.05, 3.63) is 48.3 Å². The normalized spacial score (nSPS) is 12.1. The number of benzene rings is 1. The maximum absolute atomic E-state index is 11.4. The van der Waals surface area contributed by atoms with E-state index in [1.807, 2.05) is 48.1 Å². The van der Waals surface area contributed by atoms with E-state index in [4.69, 9.17) is 0 Å². The fourth-order valence-corrected chi connectivity index (χ4v) is 1.77. The third kappa shape index (κ3) is 3.42. The Kier molecular flexibility index (Phi) is 4.30. The summed E-state index contributed by atoms with van der Waals surface area (Å²) in [7, 11) is 1.64. The van der Waals surface area contributed by atoms with Gasteiger partial charge < -0.3 is 10.6 Å². The number of nitrogens with zero attached hydrogens (tertiary/aromatic N) is 2. The molecule has 0 radical (unpaired) electrons. The SMILES string of the molecule is CNC(=O)C(C)NCc1ccc(-n2cccn2)cc1.